The number of carbonyl (C=O) groups excluding carboxylic acids is 7. The van der Waals surface area contributed by atoms with E-state index in [0.717, 1.165) is 65.8 Å². The van der Waals surface area contributed by atoms with E-state index in [-0.39, 0.29) is 0 Å². The number of esters is 7. The smallest absolute Gasteiger partial charge is 0.303 e. The summed E-state index contributed by atoms with van der Waals surface area (Å²) in [4.78, 5) is 86.4. The third kappa shape index (κ3) is 12.5. The first-order valence-corrected chi connectivity index (χ1v) is 16.7. The summed E-state index contributed by atoms with van der Waals surface area (Å²) in [6.07, 6.45) is -13.5. The zero-order chi connectivity index (χ0) is 38.0. The molecule has 0 aromatic heterocycles. The van der Waals surface area contributed by atoms with Crippen LogP contribution in [-0.4, -0.2) is 116 Å². The molecule has 1 aromatic rings. The van der Waals surface area contributed by atoms with E-state index in [2.05, 4.69) is 0 Å². The predicted octanol–water partition coefficient (Wildman–Crippen LogP) is 1.71. The minimum Gasteiger partial charge on any atom is -0.463 e. The zero-order valence-corrected chi connectivity index (χ0v) is 30.2. The van der Waals surface area contributed by atoms with Gasteiger partial charge in [-0.3, -0.25) is 33.6 Å². The Balaban J connectivity index is 2.16. The minimum atomic E-state index is -1.75. The maximum absolute atomic E-state index is 12.6. The summed E-state index contributed by atoms with van der Waals surface area (Å²) in [5.74, 6) is -5.62. The highest BCUT2D eigenvalue weighted by Gasteiger charge is 2.57. The molecule has 0 amide bonds. The molecule has 18 heteroatoms. The molecule has 0 unspecified atom stereocenters. The van der Waals surface area contributed by atoms with Crippen molar-refractivity contribution in [1.82, 2.24) is 0 Å². The molecule has 0 N–H and O–H groups in total. The molecule has 2 fully saturated rings. The van der Waals surface area contributed by atoms with Crippen LogP contribution < -0.4 is 0 Å². The van der Waals surface area contributed by atoms with Crippen molar-refractivity contribution in [2.24, 2.45) is 0 Å². The van der Waals surface area contributed by atoms with Crippen molar-refractivity contribution in [2.45, 2.75) is 121 Å². The van der Waals surface area contributed by atoms with E-state index in [0.29, 0.717) is 4.90 Å². The second-order valence-electron chi connectivity index (χ2n) is 11.6. The van der Waals surface area contributed by atoms with E-state index in [1.807, 2.05) is 19.1 Å². The Morgan fingerprint density at radius 3 is 1.41 bits per heavy atom. The van der Waals surface area contributed by atoms with Crippen LogP contribution in [0.25, 0.3) is 0 Å². The molecular formula is C33H42O17S. The van der Waals surface area contributed by atoms with Crippen molar-refractivity contribution < 1.29 is 80.9 Å². The van der Waals surface area contributed by atoms with Gasteiger partial charge in [0.1, 0.15) is 37.0 Å². The normalized spacial score (nSPS) is 28.7. The van der Waals surface area contributed by atoms with Crippen LogP contribution in [0.3, 0.4) is 0 Å². The van der Waals surface area contributed by atoms with Gasteiger partial charge in [0.2, 0.25) is 0 Å². The number of carbonyl (C=O) groups is 7. The number of hydrogen-bond donors (Lipinski definition) is 0. The third-order valence-electron chi connectivity index (χ3n) is 7.16. The van der Waals surface area contributed by atoms with Crippen LogP contribution in [0.4, 0.5) is 0 Å². The fourth-order valence-corrected chi connectivity index (χ4v) is 6.42. The van der Waals surface area contributed by atoms with Crippen LogP contribution >= 0.6 is 11.8 Å². The Labute approximate surface area is 298 Å². The topological polar surface area (TPSA) is 212 Å². The lowest BCUT2D eigenvalue weighted by molar-refractivity contribution is -0.341. The first kappa shape index (κ1) is 41.2. The lowest BCUT2D eigenvalue weighted by atomic mass is 9.96. The number of rotatable bonds is 13. The first-order chi connectivity index (χ1) is 23.9. The molecule has 0 aliphatic carbocycles. The average Bonchev–Trinajstić information content (AvgIpc) is 3.00. The number of thioether (sulfide) groups is 1. The molecule has 0 radical (unpaired) electrons. The molecule has 17 nitrogen and oxygen atoms in total. The summed E-state index contributed by atoms with van der Waals surface area (Å²) in [5.41, 5.74) is -0.0824. The summed E-state index contributed by atoms with van der Waals surface area (Å²) >= 11 is 1.13. The molecule has 2 heterocycles. The van der Waals surface area contributed by atoms with E-state index in [1.165, 1.54) is 0 Å². The Hall–Kier alpha value is -4.26. The molecule has 51 heavy (non-hydrogen) atoms. The molecule has 0 saturated carbocycles. The van der Waals surface area contributed by atoms with Crippen molar-refractivity contribution in [3.8, 4) is 0 Å². The summed E-state index contributed by atoms with van der Waals surface area (Å²) in [6.45, 7) is 8.57. The summed E-state index contributed by atoms with van der Waals surface area (Å²) in [5, 5.41) is 0. The van der Waals surface area contributed by atoms with E-state index in [1.54, 1.807) is 12.1 Å². The maximum atomic E-state index is 12.6. The molecule has 2 aliphatic rings. The summed E-state index contributed by atoms with van der Waals surface area (Å²) in [6, 6.07) is 7.30. The molecule has 10 atom stereocenters. The maximum Gasteiger partial charge on any atom is 0.303 e. The van der Waals surface area contributed by atoms with Crippen molar-refractivity contribution >= 4 is 53.5 Å². The average molecular weight is 743 g/mol. The molecular weight excluding hydrogens is 700 g/mol. The second kappa shape index (κ2) is 18.8. The number of hydrogen-bond acceptors (Lipinski definition) is 18. The monoisotopic (exact) mass is 742 g/mol. The van der Waals surface area contributed by atoms with Gasteiger partial charge in [0.05, 0.1) is 0 Å². The van der Waals surface area contributed by atoms with Crippen molar-refractivity contribution in [2.75, 3.05) is 13.2 Å². The Morgan fingerprint density at radius 2 is 0.941 bits per heavy atom. The minimum absolute atomic E-state index is 0.471. The highest BCUT2D eigenvalue weighted by atomic mass is 32.2. The van der Waals surface area contributed by atoms with Crippen molar-refractivity contribution in [3.63, 3.8) is 0 Å². The summed E-state index contributed by atoms with van der Waals surface area (Å²) < 4.78 is 57.0. The largest absolute Gasteiger partial charge is 0.463 e. The van der Waals surface area contributed by atoms with Gasteiger partial charge in [-0.1, -0.05) is 29.5 Å². The molecule has 0 bridgehead atoms. The number of benzene rings is 1. The second-order valence-corrected chi connectivity index (χ2v) is 12.8. The lowest BCUT2D eigenvalue weighted by Crippen LogP contribution is -2.66. The van der Waals surface area contributed by atoms with Gasteiger partial charge in [-0.2, -0.15) is 0 Å². The standard InChI is InChI=1S/C33H42O17S/c1-15-9-11-23(12-10-15)51-33-31(47-22(8)40)29(45-20(6)38)27(25(49-33)14-42-17(3)35)50-32-30(46-21(7)39)28(44-19(5)37)26(43-18(4)36)24(48-32)13-41-16(2)34/h9-12,24-33H,13-14H2,1-8H3/t24-,25-,26+,27-,28+,29+,30-,31-,32+,33+/m1/s1. The SMILES string of the molecule is CC(=O)OC[C@H]1O[C@@H](O[C@H]2[C@H](OC(C)=O)[C@@H](OC(C)=O)[C@H](Sc3ccc(C)cc3)O[C@@H]2COC(C)=O)[C@H](OC(C)=O)[C@@H](OC(C)=O)[C@H]1OC(C)=O. The highest BCUT2D eigenvalue weighted by molar-refractivity contribution is 7.99. The van der Waals surface area contributed by atoms with Gasteiger partial charge in [0.15, 0.2) is 36.8 Å². The van der Waals surface area contributed by atoms with Crippen LogP contribution in [0.1, 0.15) is 54.0 Å². The third-order valence-corrected chi connectivity index (χ3v) is 8.31. The number of ether oxygens (including phenoxy) is 10. The molecule has 3 rings (SSSR count). The van der Waals surface area contributed by atoms with Crippen molar-refractivity contribution in [1.29, 1.82) is 0 Å². The molecule has 282 valence electrons. The van der Waals surface area contributed by atoms with Crippen molar-refractivity contribution in [3.05, 3.63) is 29.8 Å². The lowest BCUT2D eigenvalue weighted by Gasteiger charge is -2.48. The van der Waals surface area contributed by atoms with Crippen LogP contribution in [0.15, 0.2) is 29.2 Å². The van der Waals surface area contributed by atoms with E-state index in [9.17, 15) is 33.6 Å². The van der Waals surface area contributed by atoms with Gasteiger partial charge < -0.3 is 47.4 Å². The molecule has 2 saturated heterocycles. The van der Waals surface area contributed by atoms with Gasteiger partial charge in [-0.15, -0.1) is 0 Å². The number of aryl methyl sites for hydroxylation is 1. The van der Waals surface area contributed by atoms with Gasteiger partial charge in [0.25, 0.3) is 0 Å². The van der Waals surface area contributed by atoms with E-state index in [4.69, 9.17) is 47.4 Å². The molecule has 1 aromatic carbocycles. The summed E-state index contributed by atoms with van der Waals surface area (Å²) in [7, 11) is 0. The van der Waals surface area contributed by atoms with Gasteiger partial charge in [-0.05, 0) is 19.1 Å². The molecule has 0 spiro atoms. The quantitative estimate of drug-likeness (QED) is 0.208. The van der Waals surface area contributed by atoms with Crippen LogP contribution in [0.5, 0.6) is 0 Å². The van der Waals surface area contributed by atoms with E-state index >= 15 is 0 Å². The van der Waals surface area contributed by atoms with E-state index < -0.39 is 116 Å². The fourth-order valence-electron chi connectivity index (χ4n) is 5.32. The predicted molar refractivity (Wildman–Crippen MR) is 170 cm³/mol. The van der Waals surface area contributed by atoms with Crippen LogP contribution in [0.2, 0.25) is 0 Å². The zero-order valence-electron chi connectivity index (χ0n) is 29.3. The van der Waals surface area contributed by atoms with Gasteiger partial charge >= 0.3 is 41.8 Å². The first-order valence-electron chi connectivity index (χ1n) is 15.8. The van der Waals surface area contributed by atoms with Crippen LogP contribution in [-0.2, 0) is 80.9 Å². The highest BCUT2D eigenvalue weighted by Crippen LogP contribution is 2.39. The fraction of sp³-hybridized carbons (Fsp3) is 0.606. The Kier molecular flexibility index (Phi) is 15.2. The van der Waals surface area contributed by atoms with Crippen LogP contribution in [0, 0.1) is 6.92 Å². The molecule has 2 aliphatic heterocycles. The van der Waals surface area contributed by atoms with Gasteiger partial charge in [-0.25, -0.2) is 0 Å². The Morgan fingerprint density at radius 1 is 0.529 bits per heavy atom. The van der Waals surface area contributed by atoms with Gasteiger partial charge in [0, 0.05) is 53.4 Å². The Bertz CT molecular complexity index is 1430.